The van der Waals surface area contributed by atoms with Crippen LogP contribution in [0.2, 0.25) is 0 Å². The van der Waals surface area contributed by atoms with E-state index in [1.807, 2.05) is 19.9 Å². The maximum Gasteiger partial charge on any atom is 0.333 e. The second-order valence-electron chi connectivity index (χ2n) is 9.72. The summed E-state index contributed by atoms with van der Waals surface area (Å²) in [5.74, 6) is 0.452. The Hall–Kier alpha value is -1.84. The molecule has 0 N–H and O–H groups in total. The number of carbonyl (C=O) groups excluding carboxylic acids is 2. The van der Waals surface area contributed by atoms with Crippen LogP contribution in [0.1, 0.15) is 73.6 Å². The summed E-state index contributed by atoms with van der Waals surface area (Å²) in [5, 5.41) is 0. The van der Waals surface area contributed by atoms with Gasteiger partial charge in [0.05, 0.1) is 0 Å². The highest BCUT2D eigenvalue weighted by Gasteiger charge is 2.58. The van der Waals surface area contributed by atoms with Crippen LogP contribution in [0.3, 0.4) is 0 Å². The Balaban J connectivity index is 1.89. The van der Waals surface area contributed by atoms with Crippen LogP contribution in [0.4, 0.5) is 0 Å². The number of rotatable bonds is 5. The van der Waals surface area contributed by atoms with Gasteiger partial charge < -0.3 is 9.47 Å². The van der Waals surface area contributed by atoms with E-state index in [1.54, 1.807) is 6.08 Å². The smallest absolute Gasteiger partial charge is 0.333 e. The molecule has 0 unspecified atom stereocenters. The van der Waals surface area contributed by atoms with Crippen molar-refractivity contribution in [3.05, 3.63) is 34.9 Å². The van der Waals surface area contributed by atoms with Gasteiger partial charge in [-0.3, -0.25) is 0 Å². The average molecular weight is 401 g/mol. The molecule has 0 spiro atoms. The van der Waals surface area contributed by atoms with E-state index in [0.717, 1.165) is 37.7 Å². The van der Waals surface area contributed by atoms with Crippen LogP contribution in [-0.2, 0) is 19.1 Å². The van der Waals surface area contributed by atoms with Crippen molar-refractivity contribution in [2.45, 2.75) is 79.8 Å². The van der Waals surface area contributed by atoms with E-state index in [1.165, 1.54) is 5.57 Å². The number of carbonyl (C=O) groups is 2. The molecule has 2 aliphatic carbocycles. The lowest BCUT2D eigenvalue weighted by atomic mass is 9.46. The Bertz CT molecular complexity index is 774. The normalized spacial score (nSPS) is 37.4. The minimum absolute atomic E-state index is 0.106. The molecule has 1 fully saturated rings. The zero-order valence-electron chi connectivity index (χ0n) is 18.8. The predicted molar refractivity (Wildman–Crippen MR) is 114 cm³/mol. The Morgan fingerprint density at radius 1 is 1.38 bits per heavy atom. The standard InChI is InChI=1S/C25H36O4/c1-7-16(2)23(27)29-21-13-18(4)24(5,12-11-19-14-22(26)28-15-19)20-10-8-9-17(3)25(20,21)6/h7,9,14,18,20-21H,8,10-13,15H2,1-6H3/b16-7-/t18-,20-,21-,24-,25+/m1/s1. The first-order valence-corrected chi connectivity index (χ1v) is 11.0. The molecule has 1 heterocycles. The maximum absolute atomic E-state index is 12.6. The third-order valence-corrected chi connectivity index (χ3v) is 8.35. The highest BCUT2D eigenvalue weighted by Crippen LogP contribution is 2.62. The van der Waals surface area contributed by atoms with Gasteiger partial charge in [-0.25, -0.2) is 9.59 Å². The van der Waals surface area contributed by atoms with E-state index in [9.17, 15) is 9.59 Å². The summed E-state index contributed by atoms with van der Waals surface area (Å²) < 4.78 is 11.2. The van der Waals surface area contributed by atoms with Crippen molar-refractivity contribution in [2.75, 3.05) is 6.61 Å². The summed E-state index contributed by atoms with van der Waals surface area (Å²) in [6.45, 7) is 13.4. The Morgan fingerprint density at radius 2 is 2.10 bits per heavy atom. The lowest BCUT2D eigenvalue weighted by molar-refractivity contribution is -0.172. The summed E-state index contributed by atoms with van der Waals surface area (Å²) in [5.41, 5.74) is 3.09. The topological polar surface area (TPSA) is 52.6 Å². The third kappa shape index (κ3) is 3.83. The van der Waals surface area contributed by atoms with Crippen LogP contribution in [0, 0.1) is 22.7 Å². The van der Waals surface area contributed by atoms with Crippen molar-refractivity contribution >= 4 is 11.9 Å². The van der Waals surface area contributed by atoms with Gasteiger partial charge >= 0.3 is 11.9 Å². The first-order chi connectivity index (χ1) is 13.6. The van der Waals surface area contributed by atoms with Crippen molar-refractivity contribution in [2.24, 2.45) is 22.7 Å². The number of allylic oxidation sites excluding steroid dienone is 2. The van der Waals surface area contributed by atoms with Crippen LogP contribution in [0.5, 0.6) is 0 Å². The number of fused-ring (bicyclic) bond motifs is 1. The molecule has 0 bridgehead atoms. The summed E-state index contributed by atoms with van der Waals surface area (Å²) in [7, 11) is 0. The van der Waals surface area contributed by atoms with Crippen molar-refractivity contribution < 1.29 is 19.1 Å². The van der Waals surface area contributed by atoms with Gasteiger partial charge in [0.15, 0.2) is 0 Å². The predicted octanol–water partition coefficient (Wildman–Crippen LogP) is 5.54. The second-order valence-corrected chi connectivity index (χ2v) is 9.72. The van der Waals surface area contributed by atoms with Crippen LogP contribution >= 0.6 is 0 Å². The van der Waals surface area contributed by atoms with Gasteiger partial charge in [-0.1, -0.05) is 38.5 Å². The van der Waals surface area contributed by atoms with Crippen molar-refractivity contribution in [1.29, 1.82) is 0 Å². The number of esters is 2. The molecule has 1 aliphatic heterocycles. The first kappa shape index (κ1) is 21.9. The summed E-state index contributed by atoms with van der Waals surface area (Å²) in [6.07, 6.45) is 10.7. The van der Waals surface area contributed by atoms with E-state index in [4.69, 9.17) is 9.47 Å². The molecule has 5 atom stereocenters. The SMILES string of the molecule is C/C=C(/C)C(=O)O[C@@H]1C[C@@H](C)[C@@](C)(CCC2=CC(=O)OC2)[C@H]2CCC=C(C)[C@@]21C. The highest BCUT2D eigenvalue weighted by molar-refractivity contribution is 5.87. The molecule has 160 valence electrons. The Kier molecular flexibility index (Phi) is 6.12. The van der Waals surface area contributed by atoms with Gasteiger partial charge in [-0.2, -0.15) is 0 Å². The molecule has 0 aromatic heterocycles. The third-order valence-electron chi connectivity index (χ3n) is 8.35. The molecule has 0 saturated heterocycles. The maximum atomic E-state index is 12.6. The van der Waals surface area contributed by atoms with Gasteiger partial charge in [0, 0.05) is 17.1 Å². The number of hydrogen-bond donors (Lipinski definition) is 0. The lowest BCUT2D eigenvalue weighted by Gasteiger charge is -2.60. The second kappa shape index (κ2) is 8.12. The average Bonchev–Trinajstić information content (AvgIpc) is 3.11. The largest absolute Gasteiger partial charge is 0.458 e. The van der Waals surface area contributed by atoms with E-state index in [-0.39, 0.29) is 28.9 Å². The van der Waals surface area contributed by atoms with Gasteiger partial charge in [-0.15, -0.1) is 0 Å². The Labute approximate surface area is 175 Å². The molecule has 3 rings (SSSR count). The fourth-order valence-electron chi connectivity index (χ4n) is 5.85. The minimum Gasteiger partial charge on any atom is -0.458 e. The molecule has 0 radical (unpaired) electrons. The molecule has 29 heavy (non-hydrogen) atoms. The number of hydrogen-bond acceptors (Lipinski definition) is 4. The quantitative estimate of drug-likeness (QED) is 0.345. The molecule has 0 amide bonds. The van der Waals surface area contributed by atoms with E-state index >= 15 is 0 Å². The lowest BCUT2D eigenvalue weighted by Crippen LogP contribution is -2.57. The minimum atomic E-state index is -0.213. The fourth-order valence-corrected chi connectivity index (χ4v) is 5.85. The molecule has 1 saturated carbocycles. The highest BCUT2D eigenvalue weighted by atomic mass is 16.5. The summed E-state index contributed by atoms with van der Waals surface area (Å²) in [4.78, 5) is 24.0. The van der Waals surface area contributed by atoms with Crippen molar-refractivity contribution in [3.8, 4) is 0 Å². The van der Waals surface area contributed by atoms with Crippen LogP contribution < -0.4 is 0 Å². The van der Waals surface area contributed by atoms with Crippen LogP contribution in [-0.4, -0.2) is 24.6 Å². The molecule has 4 nitrogen and oxygen atoms in total. The van der Waals surface area contributed by atoms with Crippen molar-refractivity contribution in [1.82, 2.24) is 0 Å². The molecule has 0 aromatic carbocycles. The van der Waals surface area contributed by atoms with Gasteiger partial charge in [0.1, 0.15) is 12.7 Å². The molecular formula is C25H36O4. The van der Waals surface area contributed by atoms with Crippen molar-refractivity contribution in [3.63, 3.8) is 0 Å². The Morgan fingerprint density at radius 3 is 2.72 bits per heavy atom. The monoisotopic (exact) mass is 400 g/mol. The number of ether oxygens (including phenoxy) is 2. The van der Waals surface area contributed by atoms with E-state index in [2.05, 4.69) is 33.8 Å². The van der Waals surface area contributed by atoms with Gasteiger partial charge in [-0.05, 0) is 75.7 Å². The van der Waals surface area contributed by atoms with E-state index in [0.29, 0.717) is 24.0 Å². The summed E-state index contributed by atoms with van der Waals surface area (Å²) >= 11 is 0. The number of cyclic esters (lactones) is 1. The zero-order chi connectivity index (χ0) is 21.4. The van der Waals surface area contributed by atoms with Crippen LogP contribution in [0.15, 0.2) is 34.9 Å². The first-order valence-electron chi connectivity index (χ1n) is 11.0. The van der Waals surface area contributed by atoms with E-state index < -0.39 is 0 Å². The summed E-state index contributed by atoms with van der Waals surface area (Å²) in [6, 6.07) is 0. The molecule has 0 aromatic rings. The zero-order valence-corrected chi connectivity index (χ0v) is 18.8. The molecular weight excluding hydrogens is 364 g/mol. The molecule has 4 heteroatoms. The van der Waals surface area contributed by atoms with Crippen LogP contribution in [0.25, 0.3) is 0 Å². The van der Waals surface area contributed by atoms with Gasteiger partial charge in [0.2, 0.25) is 0 Å². The van der Waals surface area contributed by atoms with Gasteiger partial charge in [0.25, 0.3) is 0 Å². The fraction of sp³-hybridized carbons (Fsp3) is 0.680. The molecule has 3 aliphatic rings.